The van der Waals surface area contributed by atoms with Crippen LogP contribution in [-0.2, 0) is 21.8 Å². The van der Waals surface area contributed by atoms with Crippen molar-refractivity contribution in [3.8, 4) is 0 Å². The Labute approximate surface area is 246 Å². The van der Waals surface area contributed by atoms with E-state index in [0.717, 1.165) is 32.3 Å². The lowest BCUT2D eigenvalue weighted by Gasteiger charge is -2.43. The van der Waals surface area contributed by atoms with Crippen molar-refractivity contribution in [2.75, 3.05) is 6.61 Å². The average Bonchev–Trinajstić information content (AvgIpc) is 3.67. The van der Waals surface area contributed by atoms with Gasteiger partial charge in [-0.05, 0) is 85.7 Å². The number of rotatable bonds is 13. The lowest BCUT2D eigenvalue weighted by atomic mass is 10.0. The molecule has 3 aromatic rings. The highest BCUT2D eigenvalue weighted by atomic mass is 32.2. The van der Waals surface area contributed by atoms with Gasteiger partial charge in [0.2, 0.25) is 0 Å². The van der Waals surface area contributed by atoms with E-state index in [1.807, 2.05) is 0 Å². The quantitative estimate of drug-likeness (QED) is 0.222. The largest absolute Gasteiger partial charge is 0.407 e. The van der Waals surface area contributed by atoms with Gasteiger partial charge in [0, 0.05) is 12.6 Å². The van der Waals surface area contributed by atoms with E-state index in [2.05, 4.69) is 137 Å². The molecule has 1 N–H and O–H groups in total. The van der Waals surface area contributed by atoms with Crippen LogP contribution in [0.4, 0.5) is 0 Å². The molecule has 1 aliphatic carbocycles. The van der Waals surface area contributed by atoms with E-state index in [9.17, 15) is 4.21 Å². The lowest BCUT2D eigenvalue weighted by molar-refractivity contribution is 0.270. The zero-order chi connectivity index (χ0) is 28.8. The maximum absolute atomic E-state index is 13.1. The summed E-state index contributed by atoms with van der Waals surface area (Å²) in [5.74, 6) is 1.17. The molecule has 3 aromatic carbocycles. The SMILES string of the molecule is CC(C)(C)[S@](=O)N[C@H](CCCc1ccccc1)C[C@@H]1C[C@@H]1CO[Si](c1ccccc1)(c1ccccc1)C(C)(C)C. The van der Waals surface area contributed by atoms with Crippen molar-refractivity contribution < 1.29 is 8.63 Å². The van der Waals surface area contributed by atoms with Crippen LogP contribution in [0.1, 0.15) is 72.8 Å². The van der Waals surface area contributed by atoms with E-state index in [4.69, 9.17) is 4.43 Å². The van der Waals surface area contributed by atoms with Crippen molar-refractivity contribution in [1.29, 1.82) is 0 Å². The van der Waals surface area contributed by atoms with Gasteiger partial charge in [0.15, 0.2) is 0 Å². The third-order valence-corrected chi connectivity index (χ3v) is 14.9. The Bertz CT molecular complexity index is 1170. The highest BCUT2D eigenvalue weighted by Crippen LogP contribution is 2.45. The highest BCUT2D eigenvalue weighted by molar-refractivity contribution is 7.84. The smallest absolute Gasteiger partial charge is 0.261 e. The highest BCUT2D eigenvalue weighted by Gasteiger charge is 2.51. The van der Waals surface area contributed by atoms with Gasteiger partial charge in [-0.25, -0.2) is 8.93 Å². The molecule has 1 fully saturated rings. The summed E-state index contributed by atoms with van der Waals surface area (Å²) < 4.78 is 23.5. The molecule has 0 bridgehead atoms. The van der Waals surface area contributed by atoms with E-state index in [1.165, 1.54) is 22.4 Å². The third kappa shape index (κ3) is 7.82. The maximum atomic E-state index is 13.1. The van der Waals surface area contributed by atoms with Crippen LogP contribution in [0, 0.1) is 11.8 Å². The molecule has 216 valence electrons. The second-order valence-electron chi connectivity index (χ2n) is 13.5. The summed E-state index contributed by atoms with van der Waals surface area (Å²) in [6.07, 6.45) is 5.45. The molecule has 0 amide bonds. The number of aryl methyl sites for hydroxylation is 1. The normalized spacial score (nSPS) is 19.2. The fourth-order valence-corrected chi connectivity index (χ4v) is 11.4. The zero-order valence-electron chi connectivity index (χ0n) is 25.4. The topological polar surface area (TPSA) is 38.3 Å². The van der Waals surface area contributed by atoms with Gasteiger partial charge in [-0.1, -0.05) is 112 Å². The molecule has 4 atom stereocenters. The Balaban J connectivity index is 1.45. The minimum absolute atomic E-state index is 0.00870. The van der Waals surface area contributed by atoms with Gasteiger partial charge in [0.25, 0.3) is 8.32 Å². The third-order valence-electron chi connectivity index (χ3n) is 8.28. The van der Waals surface area contributed by atoms with Crippen LogP contribution in [0.25, 0.3) is 0 Å². The lowest BCUT2D eigenvalue weighted by Crippen LogP contribution is -2.66. The Morgan fingerprint density at radius 2 is 1.35 bits per heavy atom. The van der Waals surface area contributed by atoms with Crippen LogP contribution < -0.4 is 15.1 Å². The van der Waals surface area contributed by atoms with E-state index in [1.54, 1.807) is 0 Å². The van der Waals surface area contributed by atoms with Crippen molar-refractivity contribution in [2.45, 2.75) is 89.5 Å². The maximum Gasteiger partial charge on any atom is 0.261 e. The summed E-state index contributed by atoms with van der Waals surface area (Å²) >= 11 is 0. The summed E-state index contributed by atoms with van der Waals surface area (Å²) in [6.45, 7) is 14.0. The molecule has 0 spiro atoms. The van der Waals surface area contributed by atoms with Crippen LogP contribution in [0.15, 0.2) is 91.0 Å². The minimum Gasteiger partial charge on any atom is -0.407 e. The molecule has 0 heterocycles. The van der Waals surface area contributed by atoms with E-state index < -0.39 is 19.3 Å². The summed E-state index contributed by atoms with van der Waals surface area (Å²) in [4.78, 5) is 0. The fraction of sp³-hybridized carbons (Fsp3) is 0.486. The average molecular weight is 576 g/mol. The van der Waals surface area contributed by atoms with E-state index in [0.29, 0.717) is 11.8 Å². The molecule has 0 saturated heterocycles. The number of benzene rings is 3. The van der Waals surface area contributed by atoms with Crippen LogP contribution >= 0.6 is 0 Å². The van der Waals surface area contributed by atoms with Crippen LogP contribution in [0.5, 0.6) is 0 Å². The molecule has 5 heteroatoms. The van der Waals surface area contributed by atoms with E-state index in [-0.39, 0.29) is 15.8 Å². The van der Waals surface area contributed by atoms with Crippen molar-refractivity contribution in [2.24, 2.45) is 11.8 Å². The first-order valence-electron chi connectivity index (χ1n) is 15.0. The van der Waals surface area contributed by atoms with Crippen molar-refractivity contribution in [1.82, 2.24) is 4.72 Å². The first-order chi connectivity index (χ1) is 19.0. The Morgan fingerprint density at radius 3 is 1.85 bits per heavy atom. The van der Waals surface area contributed by atoms with Crippen molar-refractivity contribution >= 4 is 29.7 Å². The number of nitrogens with one attached hydrogen (secondary N) is 1. The standard InChI is InChI=1S/C35H49NO2SSi/c1-34(2,3)39(37)36-31(20-16-19-28-17-10-7-11-18-28)26-29-25-30(29)27-38-40(35(4,5)6,32-21-12-8-13-22-32)33-23-14-9-15-24-33/h7-15,17-18,21-24,29-31,36H,16,19-20,25-27H2,1-6H3/t29-,30+,31+,39-/m0/s1. The fourth-order valence-electron chi connectivity index (χ4n) is 5.91. The monoisotopic (exact) mass is 575 g/mol. The molecule has 1 aliphatic rings. The summed E-state index contributed by atoms with van der Waals surface area (Å²) in [5.41, 5.74) is 1.38. The Kier molecular flexibility index (Phi) is 10.3. The molecule has 1 saturated carbocycles. The molecule has 40 heavy (non-hydrogen) atoms. The molecular formula is C35H49NO2SSi. The van der Waals surface area contributed by atoms with Gasteiger partial charge < -0.3 is 4.43 Å². The molecule has 0 aromatic heterocycles. The second-order valence-corrected chi connectivity index (χ2v) is 19.8. The van der Waals surface area contributed by atoms with Gasteiger partial charge in [0.05, 0.1) is 15.7 Å². The first kappa shape index (κ1) is 30.9. The number of hydrogen-bond donors (Lipinski definition) is 1. The van der Waals surface area contributed by atoms with Crippen molar-refractivity contribution in [3.63, 3.8) is 0 Å². The molecule has 3 nitrogen and oxygen atoms in total. The molecule has 0 aliphatic heterocycles. The van der Waals surface area contributed by atoms with Gasteiger partial charge >= 0.3 is 0 Å². The van der Waals surface area contributed by atoms with Gasteiger partial charge in [-0.2, -0.15) is 0 Å². The zero-order valence-corrected chi connectivity index (χ0v) is 27.2. The number of hydrogen-bond acceptors (Lipinski definition) is 2. The second kappa shape index (κ2) is 13.3. The first-order valence-corrected chi connectivity index (χ1v) is 18.0. The van der Waals surface area contributed by atoms with Crippen LogP contribution in [-0.4, -0.2) is 29.9 Å². The van der Waals surface area contributed by atoms with E-state index >= 15 is 0 Å². The van der Waals surface area contributed by atoms with Gasteiger partial charge in [0.1, 0.15) is 0 Å². The van der Waals surface area contributed by atoms with Crippen LogP contribution in [0.2, 0.25) is 5.04 Å². The molecule has 0 radical (unpaired) electrons. The van der Waals surface area contributed by atoms with Crippen LogP contribution in [0.3, 0.4) is 0 Å². The van der Waals surface area contributed by atoms with Gasteiger partial charge in [-0.15, -0.1) is 0 Å². The molecule has 4 rings (SSSR count). The summed E-state index contributed by atoms with van der Waals surface area (Å²) in [7, 11) is -3.58. The summed E-state index contributed by atoms with van der Waals surface area (Å²) in [5, 5.41) is 2.67. The Morgan fingerprint density at radius 1 is 0.825 bits per heavy atom. The Hall–Kier alpha value is -2.05. The predicted octanol–water partition coefficient (Wildman–Crippen LogP) is 7.03. The summed E-state index contributed by atoms with van der Waals surface area (Å²) in [6, 6.07) is 32.8. The molecular weight excluding hydrogens is 527 g/mol. The predicted molar refractivity (Wildman–Crippen MR) is 174 cm³/mol. The van der Waals surface area contributed by atoms with Gasteiger partial charge in [-0.3, -0.25) is 0 Å². The molecule has 0 unspecified atom stereocenters. The van der Waals surface area contributed by atoms with Crippen molar-refractivity contribution in [3.05, 3.63) is 96.6 Å². The minimum atomic E-state index is -2.52.